The van der Waals surface area contributed by atoms with Gasteiger partial charge in [0.05, 0.1) is 6.20 Å². The fraction of sp³-hybridized carbons (Fsp3) is 0.727. The summed E-state index contributed by atoms with van der Waals surface area (Å²) < 4.78 is 37.3. The molecule has 0 N–H and O–H groups in total. The normalized spacial score (nSPS) is 12.4. The average molecular weight is 234 g/mol. The number of nitrogens with zero attached hydrogens (tertiary/aromatic N) is 2. The molecular formula is C11H17F3N2. The number of rotatable bonds is 5. The summed E-state index contributed by atoms with van der Waals surface area (Å²) in [5.41, 5.74) is 1.12. The van der Waals surface area contributed by atoms with Gasteiger partial charge in [0.1, 0.15) is 0 Å². The van der Waals surface area contributed by atoms with E-state index in [1.54, 1.807) is 10.9 Å². The van der Waals surface area contributed by atoms with Crippen LogP contribution >= 0.6 is 0 Å². The predicted molar refractivity (Wildman–Crippen MR) is 56.2 cm³/mol. The molecule has 0 radical (unpaired) electrons. The van der Waals surface area contributed by atoms with Crippen LogP contribution in [0.3, 0.4) is 0 Å². The summed E-state index contributed by atoms with van der Waals surface area (Å²) in [6.07, 6.45) is -0.385. The van der Waals surface area contributed by atoms with Gasteiger partial charge in [0.15, 0.2) is 0 Å². The van der Waals surface area contributed by atoms with Crippen LogP contribution in [0, 0.1) is 0 Å². The molecule has 0 aliphatic heterocycles. The molecule has 0 saturated carbocycles. The topological polar surface area (TPSA) is 17.8 Å². The number of alkyl halides is 3. The lowest BCUT2D eigenvalue weighted by Crippen LogP contribution is -2.07. The molecular weight excluding hydrogens is 217 g/mol. The van der Waals surface area contributed by atoms with Crippen LogP contribution in [-0.4, -0.2) is 16.0 Å². The molecule has 1 heterocycles. The molecule has 1 aromatic rings. The smallest absolute Gasteiger partial charge is 0.272 e. The van der Waals surface area contributed by atoms with E-state index in [-0.39, 0.29) is 6.42 Å². The fourth-order valence-electron chi connectivity index (χ4n) is 1.40. The van der Waals surface area contributed by atoms with E-state index >= 15 is 0 Å². The third-order valence-corrected chi connectivity index (χ3v) is 2.42. The minimum absolute atomic E-state index is 0.167. The van der Waals surface area contributed by atoms with E-state index < -0.39 is 12.6 Å². The monoisotopic (exact) mass is 234 g/mol. The average Bonchev–Trinajstić information content (AvgIpc) is 2.59. The van der Waals surface area contributed by atoms with E-state index in [0.29, 0.717) is 18.9 Å². The molecule has 0 aliphatic carbocycles. The Hall–Kier alpha value is -1.00. The first-order valence-corrected chi connectivity index (χ1v) is 5.47. The van der Waals surface area contributed by atoms with Crippen LogP contribution < -0.4 is 0 Å². The van der Waals surface area contributed by atoms with Crippen LogP contribution in [0.25, 0.3) is 0 Å². The Morgan fingerprint density at radius 3 is 2.50 bits per heavy atom. The van der Waals surface area contributed by atoms with Crippen molar-refractivity contribution < 1.29 is 13.2 Å². The lowest BCUT2D eigenvalue weighted by Gasteiger charge is -2.05. The molecule has 0 spiro atoms. The molecule has 0 amide bonds. The number of hydrogen-bond acceptors (Lipinski definition) is 1. The maximum Gasteiger partial charge on any atom is 0.389 e. The summed E-state index contributed by atoms with van der Waals surface area (Å²) in [6, 6.07) is 0. The van der Waals surface area contributed by atoms with Gasteiger partial charge in [0.2, 0.25) is 0 Å². The van der Waals surface area contributed by atoms with E-state index in [1.165, 1.54) is 0 Å². The van der Waals surface area contributed by atoms with Crippen molar-refractivity contribution in [1.82, 2.24) is 9.78 Å². The first-order chi connectivity index (χ1) is 7.38. The molecule has 0 saturated heterocycles. The first kappa shape index (κ1) is 13.1. The SMILES string of the molecule is CC(C)c1cnn(CCCCC(F)(F)F)c1. The van der Waals surface area contributed by atoms with Crippen molar-refractivity contribution in [3.63, 3.8) is 0 Å². The number of halogens is 3. The van der Waals surface area contributed by atoms with E-state index in [1.807, 2.05) is 6.20 Å². The minimum Gasteiger partial charge on any atom is -0.272 e. The van der Waals surface area contributed by atoms with Crippen LogP contribution in [0.4, 0.5) is 13.2 Å². The van der Waals surface area contributed by atoms with Crippen molar-refractivity contribution in [2.24, 2.45) is 0 Å². The highest BCUT2D eigenvalue weighted by Gasteiger charge is 2.25. The third-order valence-electron chi connectivity index (χ3n) is 2.42. The Balaban J connectivity index is 2.27. The highest BCUT2D eigenvalue weighted by Crippen LogP contribution is 2.22. The number of unbranched alkanes of at least 4 members (excludes halogenated alkanes) is 1. The molecule has 0 bridgehead atoms. The Kier molecular flexibility index (Phi) is 4.38. The predicted octanol–water partition coefficient (Wildman–Crippen LogP) is 3.74. The van der Waals surface area contributed by atoms with Gasteiger partial charge in [0, 0.05) is 19.2 Å². The summed E-state index contributed by atoms with van der Waals surface area (Å²) in [7, 11) is 0. The van der Waals surface area contributed by atoms with Crippen molar-refractivity contribution in [1.29, 1.82) is 0 Å². The molecule has 92 valence electrons. The summed E-state index contributed by atoms with van der Waals surface area (Å²) in [4.78, 5) is 0. The first-order valence-electron chi connectivity index (χ1n) is 5.47. The maximum atomic E-state index is 11.9. The highest BCUT2D eigenvalue weighted by atomic mass is 19.4. The van der Waals surface area contributed by atoms with Gasteiger partial charge in [0.25, 0.3) is 0 Å². The molecule has 2 nitrogen and oxygen atoms in total. The molecule has 1 rings (SSSR count). The molecule has 0 fully saturated rings. The van der Waals surface area contributed by atoms with E-state index in [4.69, 9.17) is 0 Å². The summed E-state index contributed by atoms with van der Waals surface area (Å²) in [6.45, 7) is 4.68. The Bertz CT molecular complexity index is 315. The van der Waals surface area contributed by atoms with Crippen molar-refractivity contribution in [3.8, 4) is 0 Å². The molecule has 0 aromatic carbocycles. The van der Waals surface area contributed by atoms with Crippen LogP contribution in [0.1, 0.15) is 44.6 Å². The number of aryl methyl sites for hydroxylation is 1. The van der Waals surface area contributed by atoms with E-state index in [2.05, 4.69) is 18.9 Å². The molecule has 0 atom stereocenters. The Morgan fingerprint density at radius 1 is 1.31 bits per heavy atom. The number of aromatic nitrogens is 2. The maximum absolute atomic E-state index is 11.9. The standard InChI is InChI=1S/C11H17F3N2/c1-9(2)10-7-15-16(8-10)6-4-3-5-11(12,13)14/h7-9H,3-6H2,1-2H3. The van der Waals surface area contributed by atoms with Crippen molar-refractivity contribution in [3.05, 3.63) is 18.0 Å². The summed E-state index contributed by atoms with van der Waals surface area (Å²) >= 11 is 0. The van der Waals surface area contributed by atoms with Gasteiger partial charge in [-0.3, -0.25) is 4.68 Å². The Morgan fingerprint density at radius 2 is 2.00 bits per heavy atom. The van der Waals surface area contributed by atoms with Crippen molar-refractivity contribution in [2.45, 2.75) is 51.7 Å². The lowest BCUT2D eigenvalue weighted by atomic mass is 10.1. The zero-order valence-electron chi connectivity index (χ0n) is 9.59. The van der Waals surface area contributed by atoms with Crippen LogP contribution in [0.5, 0.6) is 0 Å². The Labute approximate surface area is 93.5 Å². The summed E-state index contributed by atoms with van der Waals surface area (Å²) in [5.74, 6) is 0.406. The van der Waals surface area contributed by atoms with Gasteiger partial charge >= 0.3 is 6.18 Å². The van der Waals surface area contributed by atoms with Gasteiger partial charge < -0.3 is 0 Å². The quantitative estimate of drug-likeness (QED) is 0.710. The van der Waals surface area contributed by atoms with Crippen LogP contribution in [0.15, 0.2) is 12.4 Å². The molecule has 0 aliphatic rings. The van der Waals surface area contributed by atoms with Crippen LogP contribution in [0.2, 0.25) is 0 Å². The molecule has 16 heavy (non-hydrogen) atoms. The largest absolute Gasteiger partial charge is 0.389 e. The minimum atomic E-state index is -4.03. The lowest BCUT2D eigenvalue weighted by molar-refractivity contribution is -0.135. The van der Waals surface area contributed by atoms with Gasteiger partial charge in [-0.2, -0.15) is 18.3 Å². The van der Waals surface area contributed by atoms with Gasteiger partial charge in [-0.1, -0.05) is 13.8 Å². The van der Waals surface area contributed by atoms with Crippen molar-refractivity contribution >= 4 is 0 Å². The van der Waals surface area contributed by atoms with Gasteiger partial charge in [-0.05, 0) is 24.3 Å². The second-order valence-corrected chi connectivity index (χ2v) is 4.26. The molecule has 1 aromatic heterocycles. The number of hydrogen-bond donors (Lipinski definition) is 0. The zero-order valence-corrected chi connectivity index (χ0v) is 9.59. The second kappa shape index (κ2) is 5.37. The molecule has 0 unspecified atom stereocenters. The van der Waals surface area contributed by atoms with Gasteiger partial charge in [-0.15, -0.1) is 0 Å². The highest BCUT2D eigenvalue weighted by molar-refractivity contribution is 5.08. The third kappa shape index (κ3) is 4.68. The van der Waals surface area contributed by atoms with E-state index in [0.717, 1.165) is 5.56 Å². The van der Waals surface area contributed by atoms with Crippen molar-refractivity contribution in [2.75, 3.05) is 0 Å². The summed E-state index contributed by atoms with van der Waals surface area (Å²) in [5, 5.41) is 4.11. The second-order valence-electron chi connectivity index (χ2n) is 4.26. The fourth-order valence-corrected chi connectivity index (χ4v) is 1.40. The van der Waals surface area contributed by atoms with Gasteiger partial charge in [-0.25, -0.2) is 0 Å². The molecule has 5 heteroatoms. The zero-order chi connectivity index (χ0) is 12.2. The van der Waals surface area contributed by atoms with Crippen LogP contribution in [-0.2, 0) is 6.54 Å². The van der Waals surface area contributed by atoms with E-state index in [9.17, 15) is 13.2 Å².